The molecule has 130 valence electrons. The Morgan fingerprint density at radius 3 is 3.00 bits per heavy atom. The molecular weight excluding hydrogens is 320 g/mol. The van der Waals surface area contributed by atoms with Crippen LogP contribution in [0.2, 0.25) is 0 Å². The number of rotatable bonds is 8. The topological polar surface area (TPSA) is 81.0 Å². The predicted molar refractivity (Wildman–Crippen MR) is 84.1 cm³/mol. The lowest BCUT2D eigenvalue weighted by molar-refractivity contribution is 0.0192. The molecule has 8 heteroatoms. The minimum atomic E-state index is -3.52. The van der Waals surface area contributed by atoms with Gasteiger partial charge in [0.25, 0.3) is 10.2 Å². The van der Waals surface area contributed by atoms with Crippen molar-refractivity contribution in [1.82, 2.24) is 9.03 Å². The monoisotopic (exact) mass is 344 g/mol. The van der Waals surface area contributed by atoms with Gasteiger partial charge in [-0.2, -0.15) is 17.4 Å². The van der Waals surface area contributed by atoms with E-state index < -0.39 is 10.2 Å². The van der Waals surface area contributed by atoms with Crippen LogP contribution in [-0.2, 0) is 19.7 Å². The fraction of sp³-hybridized carbons (Fsp3) is 0.733. The van der Waals surface area contributed by atoms with Crippen molar-refractivity contribution in [3.63, 3.8) is 0 Å². The summed E-state index contributed by atoms with van der Waals surface area (Å²) in [7, 11) is -3.52. The Morgan fingerprint density at radius 1 is 1.35 bits per heavy atom. The molecule has 0 saturated carbocycles. The first-order valence-electron chi connectivity index (χ1n) is 8.16. The fourth-order valence-electron chi connectivity index (χ4n) is 3.11. The molecule has 3 heterocycles. The molecule has 0 bridgehead atoms. The normalized spacial score (nSPS) is 26.1. The van der Waals surface area contributed by atoms with Crippen molar-refractivity contribution >= 4 is 10.2 Å². The first kappa shape index (κ1) is 16.9. The van der Waals surface area contributed by atoms with Crippen LogP contribution in [0.4, 0.5) is 0 Å². The molecule has 0 aromatic carbocycles. The Balaban J connectivity index is 1.44. The fourth-order valence-corrected chi connectivity index (χ4v) is 4.53. The first-order chi connectivity index (χ1) is 11.2. The Morgan fingerprint density at radius 2 is 2.26 bits per heavy atom. The van der Waals surface area contributed by atoms with Gasteiger partial charge in [0.2, 0.25) is 0 Å². The zero-order valence-corrected chi connectivity index (χ0v) is 14.0. The Kier molecular flexibility index (Phi) is 5.71. The van der Waals surface area contributed by atoms with Gasteiger partial charge in [-0.3, -0.25) is 0 Å². The number of nitrogens with one attached hydrogen (secondary N) is 1. The maximum Gasteiger partial charge on any atom is 0.280 e. The van der Waals surface area contributed by atoms with E-state index in [9.17, 15) is 8.42 Å². The molecule has 7 nitrogen and oxygen atoms in total. The molecule has 1 aromatic rings. The van der Waals surface area contributed by atoms with Crippen LogP contribution in [0.15, 0.2) is 22.8 Å². The molecule has 0 spiro atoms. The van der Waals surface area contributed by atoms with E-state index in [1.807, 2.05) is 6.07 Å². The molecule has 1 aromatic heterocycles. The lowest BCUT2D eigenvalue weighted by Crippen LogP contribution is -2.41. The minimum absolute atomic E-state index is 0.161. The molecule has 0 aliphatic carbocycles. The molecule has 0 radical (unpaired) electrons. The number of furan rings is 1. The second-order valence-corrected chi connectivity index (χ2v) is 7.60. The smallest absolute Gasteiger partial charge is 0.280 e. The zero-order valence-electron chi connectivity index (χ0n) is 13.1. The highest BCUT2D eigenvalue weighted by Crippen LogP contribution is 2.33. The summed E-state index contributed by atoms with van der Waals surface area (Å²) in [6.07, 6.45) is 5.44. The highest BCUT2D eigenvalue weighted by atomic mass is 32.2. The first-order valence-corrected chi connectivity index (χ1v) is 9.60. The van der Waals surface area contributed by atoms with Crippen molar-refractivity contribution in [3.8, 4) is 0 Å². The van der Waals surface area contributed by atoms with E-state index >= 15 is 0 Å². The maximum absolute atomic E-state index is 12.5. The summed E-state index contributed by atoms with van der Waals surface area (Å²) >= 11 is 0. The third kappa shape index (κ3) is 4.33. The van der Waals surface area contributed by atoms with Crippen molar-refractivity contribution in [2.75, 3.05) is 32.9 Å². The molecule has 2 aliphatic heterocycles. The Hall–Kier alpha value is -0.930. The molecule has 1 N–H and O–H groups in total. The van der Waals surface area contributed by atoms with E-state index in [1.54, 1.807) is 12.3 Å². The van der Waals surface area contributed by atoms with Crippen LogP contribution in [0.25, 0.3) is 0 Å². The van der Waals surface area contributed by atoms with Gasteiger partial charge in [-0.05, 0) is 37.8 Å². The van der Waals surface area contributed by atoms with Crippen molar-refractivity contribution < 1.29 is 22.3 Å². The van der Waals surface area contributed by atoms with Crippen molar-refractivity contribution in [2.45, 2.75) is 37.8 Å². The standard InChI is InChI=1S/C15H24N2O5S/c18-23(19,16-7-11-20-12-13-4-2-9-21-13)17-8-1-5-14(17)15-6-3-10-22-15/h3,6,10,13-14,16H,1-2,4-5,7-9,11-12H2/t13-,14+/m1/s1. The average Bonchev–Trinajstić information content (AvgIpc) is 3.27. The summed E-state index contributed by atoms with van der Waals surface area (Å²) in [5, 5.41) is 0. The predicted octanol–water partition coefficient (Wildman–Crippen LogP) is 1.45. The highest BCUT2D eigenvalue weighted by Gasteiger charge is 2.36. The van der Waals surface area contributed by atoms with Gasteiger partial charge < -0.3 is 13.9 Å². The molecule has 3 rings (SSSR count). The van der Waals surface area contributed by atoms with Gasteiger partial charge in [0.15, 0.2) is 0 Å². The van der Waals surface area contributed by atoms with Gasteiger partial charge in [0.1, 0.15) is 5.76 Å². The molecule has 2 fully saturated rings. The maximum atomic E-state index is 12.5. The molecule has 2 atom stereocenters. The Labute approximate surface area is 137 Å². The van der Waals surface area contributed by atoms with Crippen LogP contribution < -0.4 is 4.72 Å². The van der Waals surface area contributed by atoms with Gasteiger partial charge in [0, 0.05) is 19.7 Å². The lowest BCUT2D eigenvalue weighted by atomic mass is 10.2. The van der Waals surface area contributed by atoms with E-state index in [2.05, 4.69) is 4.72 Å². The van der Waals surface area contributed by atoms with E-state index in [0.717, 1.165) is 32.3 Å². The SMILES string of the molecule is O=S(=O)(NCCOC[C@H]1CCCO1)N1CCC[C@H]1c1ccco1. The highest BCUT2D eigenvalue weighted by molar-refractivity contribution is 7.87. The van der Waals surface area contributed by atoms with Crippen LogP contribution in [-0.4, -0.2) is 51.7 Å². The zero-order chi connectivity index (χ0) is 16.1. The summed E-state index contributed by atoms with van der Waals surface area (Å²) < 4.78 is 45.3. The van der Waals surface area contributed by atoms with Crippen LogP contribution >= 0.6 is 0 Å². The van der Waals surface area contributed by atoms with Crippen molar-refractivity contribution in [3.05, 3.63) is 24.2 Å². The molecular formula is C15H24N2O5S. The third-order valence-corrected chi connectivity index (χ3v) is 5.87. The van der Waals surface area contributed by atoms with Crippen LogP contribution in [0.3, 0.4) is 0 Å². The van der Waals surface area contributed by atoms with E-state index in [1.165, 1.54) is 4.31 Å². The van der Waals surface area contributed by atoms with E-state index in [0.29, 0.717) is 25.5 Å². The quantitative estimate of drug-likeness (QED) is 0.722. The summed E-state index contributed by atoms with van der Waals surface area (Å²) in [5.74, 6) is 0.697. The van der Waals surface area contributed by atoms with Gasteiger partial charge in [0.05, 0.1) is 31.6 Å². The van der Waals surface area contributed by atoms with Crippen molar-refractivity contribution in [1.29, 1.82) is 0 Å². The van der Waals surface area contributed by atoms with Crippen LogP contribution in [0, 0.1) is 0 Å². The Bertz CT molecular complexity index is 569. The molecule has 0 amide bonds. The van der Waals surface area contributed by atoms with E-state index in [-0.39, 0.29) is 18.7 Å². The number of hydrogen-bond donors (Lipinski definition) is 1. The summed E-state index contributed by atoms with van der Waals surface area (Å²) in [4.78, 5) is 0. The summed E-state index contributed by atoms with van der Waals surface area (Å²) in [5.41, 5.74) is 0. The van der Waals surface area contributed by atoms with Gasteiger partial charge in [-0.1, -0.05) is 0 Å². The third-order valence-electron chi connectivity index (χ3n) is 4.24. The number of ether oxygens (including phenoxy) is 2. The van der Waals surface area contributed by atoms with Crippen LogP contribution in [0.5, 0.6) is 0 Å². The second-order valence-electron chi connectivity index (χ2n) is 5.89. The summed E-state index contributed by atoms with van der Waals surface area (Å²) in [6.45, 7) is 2.44. The number of nitrogens with zero attached hydrogens (tertiary/aromatic N) is 1. The van der Waals surface area contributed by atoms with E-state index in [4.69, 9.17) is 13.9 Å². The summed E-state index contributed by atoms with van der Waals surface area (Å²) in [6, 6.07) is 3.39. The molecule has 2 saturated heterocycles. The van der Waals surface area contributed by atoms with Gasteiger partial charge in [-0.25, -0.2) is 0 Å². The largest absolute Gasteiger partial charge is 0.468 e. The minimum Gasteiger partial charge on any atom is -0.468 e. The van der Waals surface area contributed by atoms with Gasteiger partial charge >= 0.3 is 0 Å². The van der Waals surface area contributed by atoms with Gasteiger partial charge in [-0.15, -0.1) is 0 Å². The molecule has 2 aliphatic rings. The van der Waals surface area contributed by atoms with Crippen LogP contribution in [0.1, 0.15) is 37.5 Å². The molecule has 0 unspecified atom stereocenters. The molecule has 23 heavy (non-hydrogen) atoms. The number of hydrogen-bond acceptors (Lipinski definition) is 5. The lowest BCUT2D eigenvalue weighted by Gasteiger charge is -2.22. The average molecular weight is 344 g/mol. The second kappa shape index (κ2) is 7.76. The van der Waals surface area contributed by atoms with Crippen molar-refractivity contribution in [2.24, 2.45) is 0 Å².